The summed E-state index contributed by atoms with van der Waals surface area (Å²) in [6, 6.07) is 8.64. The Hall–Kier alpha value is -2.35. The molecular formula is C24H37N5O4S. The molecule has 188 valence electrons. The van der Waals surface area contributed by atoms with Gasteiger partial charge in [-0.25, -0.2) is 13.2 Å². The van der Waals surface area contributed by atoms with E-state index in [0.29, 0.717) is 42.7 Å². The van der Waals surface area contributed by atoms with Gasteiger partial charge in [0.15, 0.2) is 0 Å². The van der Waals surface area contributed by atoms with Crippen LogP contribution in [-0.2, 0) is 9.84 Å². The Morgan fingerprint density at radius 2 is 1.82 bits per heavy atom. The van der Waals surface area contributed by atoms with Crippen LogP contribution >= 0.6 is 0 Å². The van der Waals surface area contributed by atoms with Crippen LogP contribution in [0.3, 0.4) is 0 Å². The van der Waals surface area contributed by atoms with Crippen LogP contribution in [0.2, 0.25) is 0 Å². The number of nitrogens with one attached hydrogen (secondary N) is 2. The Balaban J connectivity index is 1.50. The van der Waals surface area contributed by atoms with Gasteiger partial charge in [-0.1, -0.05) is 6.92 Å². The number of hydrogen-bond acceptors (Lipinski definition) is 7. The van der Waals surface area contributed by atoms with E-state index in [4.69, 9.17) is 10.00 Å². The first-order valence-electron chi connectivity index (χ1n) is 12.1. The minimum atomic E-state index is -2.90. The van der Waals surface area contributed by atoms with E-state index < -0.39 is 9.84 Å². The van der Waals surface area contributed by atoms with Crippen LogP contribution in [-0.4, -0.2) is 94.7 Å². The molecule has 0 spiro atoms. The van der Waals surface area contributed by atoms with Crippen molar-refractivity contribution in [1.82, 2.24) is 20.4 Å². The predicted octanol–water partition coefficient (Wildman–Crippen LogP) is 1.31. The normalized spacial score (nSPS) is 21.9. The molecule has 2 fully saturated rings. The number of carbonyl (C=O) groups is 1. The Labute approximate surface area is 203 Å². The zero-order chi connectivity index (χ0) is 24.6. The molecule has 10 heteroatoms. The lowest BCUT2D eigenvalue weighted by Gasteiger charge is -2.46. The van der Waals surface area contributed by atoms with Crippen molar-refractivity contribution in [3.8, 4) is 11.8 Å². The Morgan fingerprint density at radius 3 is 2.41 bits per heavy atom. The number of fused-ring (bicyclic) bond motifs is 2. The van der Waals surface area contributed by atoms with Crippen LogP contribution < -0.4 is 15.4 Å². The summed E-state index contributed by atoms with van der Waals surface area (Å²) in [5.41, 5.74) is 0.577. The first-order chi connectivity index (χ1) is 16.3. The third kappa shape index (κ3) is 8.15. The fraction of sp³-hybridized carbons (Fsp3) is 0.667. The summed E-state index contributed by atoms with van der Waals surface area (Å²) in [6.07, 6.45) is 1.90. The second-order valence-electron chi connectivity index (χ2n) is 9.40. The number of amides is 2. The van der Waals surface area contributed by atoms with E-state index in [1.807, 2.05) is 0 Å². The Morgan fingerprint density at radius 1 is 1.18 bits per heavy atom. The fourth-order valence-corrected chi connectivity index (χ4v) is 5.87. The van der Waals surface area contributed by atoms with Gasteiger partial charge in [0.25, 0.3) is 0 Å². The molecule has 2 N–H and O–H groups in total. The molecule has 2 heterocycles. The molecule has 3 rings (SSSR count). The Kier molecular flexibility index (Phi) is 9.56. The number of rotatable bonds is 11. The molecule has 0 saturated carbocycles. The molecule has 2 bridgehead atoms. The molecule has 2 aliphatic heterocycles. The van der Waals surface area contributed by atoms with Crippen molar-refractivity contribution in [1.29, 1.82) is 5.26 Å². The van der Waals surface area contributed by atoms with E-state index in [0.717, 1.165) is 32.7 Å². The van der Waals surface area contributed by atoms with E-state index in [2.05, 4.69) is 26.5 Å². The summed E-state index contributed by atoms with van der Waals surface area (Å²) in [7, 11) is -1.31. The average molecular weight is 492 g/mol. The van der Waals surface area contributed by atoms with Crippen LogP contribution in [0, 0.1) is 23.2 Å². The van der Waals surface area contributed by atoms with Gasteiger partial charge in [-0.3, -0.25) is 0 Å². The van der Waals surface area contributed by atoms with Crippen LogP contribution in [0.15, 0.2) is 24.3 Å². The smallest absolute Gasteiger partial charge is 0.314 e. The number of piperidine rings is 2. The number of nitrogens with zero attached hydrogens (tertiary/aromatic N) is 3. The summed E-state index contributed by atoms with van der Waals surface area (Å²) >= 11 is 0. The highest BCUT2D eigenvalue weighted by atomic mass is 32.2. The van der Waals surface area contributed by atoms with Crippen molar-refractivity contribution >= 4 is 15.9 Å². The van der Waals surface area contributed by atoms with Gasteiger partial charge in [-0.05, 0) is 55.5 Å². The van der Waals surface area contributed by atoms with E-state index in [1.165, 1.54) is 6.42 Å². The minimum Gasteiger partial charge on any atom is -0.491 e. The van der Waals surface area contributed by atoms with Gasteiger partial charge < -0.3 is 25.2 Å². The molecule has 1 aromatic carbocycles. The molecule has 9 nitrogen and oxygen atoms in total. The van der Waals surface area contributed by atoms with Crippen molar-refractivity contribution in [2.75, 3.05) is 64.4 Å². The van der Waals surface area contributed by atoms with Crippen LogP contribution in [0.5, 0.6) is 5.75 Å². The molecular weight excluding hydrogens is 454 g/mol. The van der Waals surface area contributed by atoms with E-state index in [1.54, 1.807) is 38.2 Å². The van der Waals surface area contributed by atoms with Crippen molar-refractivity contribution in [3.63, 3.8) is 0 Å². The molecule has 0 radical (unpaired) electrons. The lowest BCUT2D eigenvalue weighted by Crippen LogP contribution is -2.56. The van der Waals surface area contributed by atoms with Gasteiger partial charge in [-0.2, -0.15) is 5.26 Å². The Bertz CT molecular complexity index is 933. The third-order valence-electron chi connectivity index (χ3n) is 6.58. The van der Waals surface area contributed by atoms with Gasteiger partial charge >= 0.3 is 6.03 Å². The van der Waals surface area contributed by atoms with Gasteiger partial charge in [0.1, 0.15) is 22.2 Å². The predicted molar refractivity (Wildman–Crippen MR) is 131 cm³/mol. The first-order valence-corrected chi connectivity index (χ1v) is 13.9. The van der Waals surface area contributed by atoms with Crippen LogP contribution in [0.4, 0.5) is 4.79 Å². The lowest BCUT2D eigenvalue weighted by atomic mass is 9.84. The zero-order valence-electron chi connectivity index (χ0n) is 20.2. The third-order valence-corrected chi connectivity index (χ3v) is 8.37. The monoisotopic (exact) mass is 491 g/mol. The summed E-state index contributed by atoms with van der Waals surface area (Å²) in [5, 5.41) is 14.6. The number of nitriles is 1. The first kappa shape index (κ1) is 26.3. The van der Waals surface area contributed by atoms with Gasteiger partial charge in [-0.15, -0.1) is 0 Å². The van der Waals surface area contributed by atoms with Crippen molar-refractivity contribution in [2.45, 2.75) is 25.8 Å². The number of benzene rings is 1. The second kappa shape index (κ2) is 12.4. The summed E-state index contributed by atoms with van der Waals surface area (Å²) < 4.78 is 29.5. The molecule has 2 amide bonds. The van der Waals surface area contributed by atoms with Crippen molar-refractivity contribution in [2.24, 2.45) is 11.8 Å². The topological polar surface area (TPSA) is 115 Å². The molecule has 1 aromatic rings. The maximum atomic E-state index is 12.0. The summed E-state index contributed by atoms with van der Waals surface area (Å²) in [6.45, 7) is 7.49. The highest BCUT2D eigenvalue weighted by Gasteiger charge is 2.35. The largest absolute Gasteiger partial charge is 0.491 e. The summed E-state index contributed by atoms with van der Waals surface area (Å²) in [4.78, 5) is 16.9. The van der Waals surface area contributed by atoms with Crippen molar-refractivity contribution < 1.29 is 17.9 Å². The standard InChI is InChI=1S/C24H37N5O4S/c1-3-34(31,32)10-4-9-28-13-20-11-21(14-28)16-29(15-20)17-22(27-24(30)26-2)18-33-23-7-5-19(12-25)6-8-23/h5-8,20-22H,3-4,9-11,13-18H2,1-2H3,(H2,26,27,30). The number of likely N-dealkylation sites (tertiary alicyclic amines) is 2. The number of carbonyl (C=O) groups excluding carboxylic acids is 1. The number of sulfone groups is 1. The molecule has 2 saturated heterocycles. The van der Waals surface area contributed by atoms with Gasteiger partial charge in [0, 0.05) is 45.5 Å². The highest BCUT2D eigenvalue weighted by molar-refractivity contribution is 7.91. The fourth-order valence-electron chi connectivity index (χ4n) is 5.01. The molecule has 3 atom stereocenters. The zero-order valence-corrected chi connectivity index (χ0v) is 21.0. The molecule has 2 aliphatic rings. The average Bonchev–Trinajstić information content (AvgIpc) is 2.82. The minimum absolute atomic E-state index is 0.176. The second-order valence-corrected chi connectivity index (χ2v) is 11.9. The van der Waals surface area contributed by atoms with Crippen molar-refractivity contribution in [3.05, 3.63) is 29.8 Å². The number of urea groups is 1. The van der Waals surface area contributed by atoms with Crippen LogP contribution in [0.25, 0.3) is 0 Å². The highest BCUT2D eigenvalue weighted by Crippen LogP contribution is 2.28. The van der Waals surface area contributed by atoms with E-state index in [9.17, 15) is 13.2 Å². The van der Waals surface area contributed by atoms with Gasteiger partial charge in [0.05, 0.1) is 23.4 Å². The molecule has 34 heavy (non-hydrogen) atoms. The lowest BCUT2D eigenvalue weighted by molar-refractivity contribution is 0.0254. The van der Waals surface area contributed by atoms with Crippen LogP contribution in [0.1, 0.15) is 25.3 Å². The molecule has 3 unspecified atom stereocenters. The van der Waals surface area contributed by atoms with Gasteiger partial charge in [0.2, 0.25) is 0 Å². The number of hydrogen-bond donors (Lipinski definition) is 2. The quantitative estimate of drug-likeness (QED) is 0.480. The number of ether oxygens (including phenoxy) is 1. The maximum Gasteiger partial charge on any atom is 0.314 e. The van der Waals surface area contributed by atoms with E-state index >= 15 is 0 Å². The van der Waals surface area contributed by atoms with E-state index in [-0.39, 0.29) is 23.6 Å². The molecule has 0 aliphatic carbocycles. The summed E-state index contributed by atoms with van der Waals surface area (Å²) in [5.74, 6) is 2.26. The maximum absolute atomic E-state index is 12.0. The molecule has 0 aromatic heterocycles. The SMILES string of the molecule is CCS(=O)(=O)CCCN1CC2CC(C1)CN(CC(COc1ccc(C#N)cc1)NC(=O)NC)C2.